The van der Waals surface area contributed by atoms with Gasteiger partial charge in [0.1, 0.15) is 6.10 Å². The van der Waals surface area contributed by atoms with E-state index in [4.69, 9.17) is 11.6 Å². The molecule has 2 unspecified atom stereocenters. The highest BCUT2D eigenvalue weighted by atomic mass is 79.9. The van der Waals surface area contributed by atoms with Gasteiger partial charge in [0.25, 0.3) is 0 Å². The highest BCUT2D eigenvalue weighted by Gasteiger charge is 2.19. The SMILES string of the molecule is Cc1ccc(C(O)C(O)CCBr)c(Cl)c1. The molecule has 0 heterocycles. The van der Waals surface area contributed by atoms with Gasteiger partial charge in [0.05, 0.1) is 6.10 Å². The topological polar surface area (TPSA) is 40.5 Å². The molecular formula is C11H14BrClO2. The van der Waals surface area contributed by atoms with E-state index in [2.05, 4.69) is 15.9 Å². The number of rotatable bonds is 4. The van der Waals surface area contributed by atoms with Crippen LogP contribution in [0.4, 0.5) is 0 Å². The van der Waals surface area contributed by atoms with Crippen molar-refractivity contribution < 1.29 is 10.2 Å². The third-order valence-corrected chi connectivity index (χ3v) is 3.03. The maximum absolute atomic E-state index is 9.84. The number of aliphatic hydroxyl groups is 2. The Bertz CT molecular complexity index is 330. The Morgan fingerprint density at radius 1 is 1.40 bits per heavy atom. The Balaban J connectivity index is 2.86. The first-order valence-corrected chi connectivity index (χ1v) is 6.24. The van der Waals surface area contributed by atoms with Crippen molar-refractivity contribution in [3.63, 3.8) is 0 Å². The molecule has 2 nitrogen and oxygen atoms in total. The zero-order chi connectivity index (χ0) is 11.4. The van der Waals surface area contributed by atoms with Gasteiger partial charge in [-0.3, -0.25) is 0 Å². The number of aryl methyl sites for hydroxylation is 1. The maximum atomic E-state index is 9.84. The summed E-state index contributed by atoms with van der Waals surface area (Å²) in [5, 5.41) is 20.6. The number of halogens is 2. The zero-order valence-electron chi connectivity index (χ0n) is 8.45. The van der Waals surface area contributed by atoms with Crippen LogP contribution < -0.4 is 0 Å². The van der Waals surface area contributed by atoms with E-state index >= 15 is 0 Å². The molecule has 2 N–H and O–H groups in total. The summed E-state index contributed by atoms with van der Waals surface area (Å²) in [6.45, 7) is 1.93. The summed E-state index contributed by atoms with van der Waals surface area (Å²) >= 11 is 9.20. The molecule has 2 atom stereocenters. The first kappa shape index (κ1) is 13.0. The lowest BCUT2D eigenvalue weighted by Crippen LogP contribution is -2.18. The number of benzene rings is 1. The van der Waals surface area contributed by atoms with Gasteiger partial charge in [0.2, 0.25) is 0 Å². The largest absolute Gasteiger partial charge is 0.390 e. The summed E-state index contributed by atoms with van der Waals surface area (Å²) in [6.07, 6.45) is -1.22. The van der Waals surface area contributed by atoms with Crippen molar-refractivity contribution >= 4 is 27.5 Å². The molecule has 0 amide bonds. The van der Waals surface area contributed by atoms with E-state index in [0.29, 0.717) is 22.3 Å². The highest BCUT2D eigenvalue weighted by Crippen LogP contribution is 2.27. The Kier molecular flexibility index (Phi) is 5.06. The molecule has 0 aliphatic heterocycles. The molecule has 84 valence electrons. The van der Waals surface area contributed by atoms with E-state index in [-0.39, 0.29) is 0 Å². The fraction of sp³-hybridized carbons (Fsp3) is 0.455. The quantitative estimate of drug-likeness (QED) is 0.838. The monoisotopic (exact) mass is 292 g/mol. The minimum Gasteiger partial charge on any atom is -0.390 e. The lowest BCUT2D eigenvalue weighted by atomic mass is 10.0. The van der Waals surface area contributed by atoms with Gasteiger partial charge in [0.15, 0.2) is 0 Å². The summed E-state index contributed by atoms with van der Waals surface area (Å²) in [5.74, 6) is 0. The van der Waals surface area contributed by atoms with Crippen LogP contribution in [0, 0.1) is 6.92 Å². The molecule has 0 radical (unpaired) electrons. The maximum Gasteiger partial charge on any atom is 0.106 e. The molecule has 1 rings (SSSR count). The van der Waals surface area contributed by atoms with Gasteiger partial charge in [-0.05, 0) is 25.0 Å². The molecule has 0 fully saturated rings. The molecule has 0 aromatic heterocycles. The standard InChI is InChI=1S/C11H14BrClO2/c1-7-2-3-8(9(13)6-7)11(15)10(14)4-5-12/h2-3,6,10-11,14-15H,4-5H2,1H3. The molecule has 4 heteroatoms. The molecule has 0 saturated carbocycles. The van der Waals surface area contributed by atoms with Gasteiger partial charge in [-0.15, -0.1) is 0 Å². The van der Waals surface area contributed by atoms with E-state index < -0.39 is 12.2 Å². The third kappa shape index (κ3) is 3.45. The Labute approximate surface area is 103 Å². The average molecular weight is 294 g/mol. The minimum atomic E-state index is -0.921. The second-order valence-corrected chi connectivity index (χ2v) is 4.72. The minimum absolute atomic E-state index is 0.491. The van der Waals surface area contributed by atoms with E-state index in [1.54, 1.807) is 12.1 Å². The van der Waals surface area contributed by atoms with Gasteiger partial charge in [-0.2, -0.15) is 0 Å². The van der Waals surface area contributed by atoms with Crippen molar-refractivity contribution in [1.82, 2.24) is 0 Å². The Hall–Kier alpha value is -0.0900. The summed E-state index contributed by atoms with van der Waals surface area (Å²) in [5.41, 5.74) is 1.61. The Morgan fingerprint density at radius 2 is 2.07 bits per heavy atom. The molecule has 15 heavy (non-hydrogen) atoms. The van der Waals surface area contributed by atoms with E-state index in [0.717, 1.165) is 5.56 Å². The predicted molar refractivity (Wildman–Crippen MR) is 65.6 cm³/mol. The van der Waals surface area contributed by atoms with E-state index in [9.17, 15) is 10.2 Å². The van der Waals surface area contributed by atoms with Crippen LogP contribution in [-0.4, -0.2) is 21.6 Å². The molecule has 0 saturated heterocycles. The van der Waals surface area contributed by atoms with Gasteiger partial charge in [0, 0.05) is 15.9 Å². The summed E-state index contributed by atoms with van der Waals surface area (Å²) in [7, 11) is 0. The van der Waals surface area contributed by atoms with Crippen LogP contribution in [0.1, 0.15) is 23.7 Å². The molecule has 1 aromatic rings. The van der Waals surface area contributed by atoms with Crippen LogP contribution in [-0.2, 0) is 0 Å². The molecule has 0 spiro atoms. The lowest BCUT2D eigenvalue weighted by molar-refractivity contribution is 0.0174. The summed E-state index contributed by atoms with van der Waals surface area (Å²) in [4.78, 5) is 0. The van der Waals surface area contributed by atoms with Crippen LogP contribution in [0.2, 0.25) is 5.02 Å². The number of hydrogen-bond acceptors (Lipinski definition) is 2. The number of aliphatic hydroxyl groups excluding tert-OH is 2. The molecule has 1 aromatic carbocycles. The smallest absolute Gasteiger partial charge is 0.106 e. The molecular weight excluding hydrogens is 279 g/mol. The van der Waals surface area contributed by atoms with Gasteiger partial charge < -0.3 is 10.2 Å². The Morgan fingerprint density at radius 3 is 2.60 bits per heavy atom. The first-order valence-electron chi connectivity index (χ1n) is 4.74. The van der Waals surface area contributed by atoms with Gasteiger partial charge in [-0.1, -0.05) is 39.7 Å². The van der Waals surface area contributed by atoms with Crippen molar-refractivity contribution in [2.45, 2.75) is 25.6 Å². The normalized spacial score (nSPS) is 15.0. The van der Waals surface area contributed by atoms with Gasteiger partial charge >= 0.3 is 0 Å². The van der Waals surface area contributed by atoms with Crippen LogP contribution in [0.25, 0.3) is 0 Å². The van der Waals surface area contributed by atoms with Crippen molar-refractivity contribution in [2.24, 2.45) is 0 Å². The summed E-state index contributed by atoms with van der Waals surface area (Å²) in [6, 6.07) is 5.39. The van der Waals surface area contributed by atoms with Crippen LogP contribution in [0.15, 0.2) is 18.2 Å². The number of alkyl halides is 1. The highest BCUT2D eigenvalue weighted by molar-refractivity contribution is 9.09. The van der Waals surface area contributed by atoms with Crippen molar-refractivity contribution in [2.75, 3.05) is 5.33 Å². The second kappa shape index (κ2) is 5.85. The average Bonchev–Trinajstić information content (AvgIpc) is 2.17. The lowest BCUT2D eigenvalue weighted by Gasteiger charge is -2.18. The molecule has 0 aliphatic rings. The molecule has 0 bridgehead atoms. The van der Waals surface area contributed by atoms with E-state index in [1.807, 2.05) is 13.0 Å². The van der Waals surface area contributed by atoms with Crippen LogP contribution in [0.3, 0.4) is 0 Å². The fourth-order valence-corrected chi connectivity index (χ4v) is 2.16. The molecule has 0 aliphatic carbocycles. The van der Waals surface area contributed by atoms with Crippen LogP contribution in [0.5, 0.6) is 0 Å². The predicted octanol–water partition coefficient (Wildman–Crippen LogP) is 2.83. The summed E-state index contributed by atoms with van der Waals surface area (Å²) < 4.78 is 0. The van der Waals surface area contributed by atoms with E-state index in [1.165, 1.54) is 0 Å². The van der Waals surface area contributed by atoms with Gasteiger partial charge in [-0.25, -0.2) is 0 Å². The van der Waals surface area contributed by atoms with Crippen molar-refractivity contribution in [1.29, 1.82) is 0 Å². The zero-order valence-corrected chi connectivity index (χ0v) is 10.8. The number of hydrogen-bond donors (Lipinski definition) is 2. The van der Waals surface area contributed by atoms with Crippen molar-refractivity contribution in [3.05, 3.63) is 34.3 Å². The first-order chi connectivity index (χ1) is 7.06. The third-order valence-electron chi connectivity index (χ3n) is 2.24. The second-order valence-electron chi connectivity index (χ2n) is 3.51. The van der Waals surface area contributed by atoms with Crippen molar-refractivity contribution in [3.8, 4) is 0 Å². The fourth-order valence-electron chi connectivity index (χ4n) is 1.35. The van der Waals surface area contributed by atoms with Crippen LogP contribution >= 0.6 is 27.5 Å².